The van der Waals surface area contributed by atoms with E-state index in [2.05, 4.69) is 11.5 Å². The summed E-state index contributed by atoms with van der Waals surface area (Å²) in [6, 6.07) is 2.07. The molecule has 3 N–H and O–H groups in total. The normalized spacial score (nSPS) is 23.4. The number of hydrogen-bond acceptors (Lipinski definition) is 3. The number of nitrogens with zero attached hydrogens (tertiary/aromatic N) is 1. The van der Waals surface area contributed by atoms with E-state index in [1.807, 2.05) is 0 Å². The molecule has 1 saturated carbocycles. The molecule has 0 saturated heterocycles. The molecule has 0 aromatic heterocycles. The molecule has 0 unspecified atom stereocenters. The van der Waals surface area contributed by atoms with Gasteiger partial charge < -0.3 is 0 Å². The lowest BCUT2D eigenvalue weighted by atomic mass is 10.3. The minimum atomic E-state index is -0.333. The van der Waals surface area contributed by atoms with Crippen LogP contribution in [0.3, 0.4) is 0 Å². The molecule has 1 aliphatic carbocycles. The van der Waals surface area contributed by atoms with Gasteiger partial charge in [0.05, 0.1) is 6.07 Å². The molecular formula is C4H7N3. The molecule has 0 bridgehead atoms. The fourth-order valence-electron chi connectivity index (χ4n) is 0.413. The molecular weight excluding hydrogens is 90.1 g/mol. The summed E-state index contributed by atoms with van der Waals surface area (Å²) in [7, 11) is 0. The monoisotopic (exact) mass is 97.1 g/mol. The molecule has 0 aromatic rings. The van der Waals surface area contributed by atoms with Crippen LogP contribution in [0, 0.1) is 11.3 Å². The largest absolute Gasteiger partial charge is 0.270 e. The second kappa shape index (κ2) is 1.19. The SMILES string of the molecule is N#CC1(NN)CC1. The minimum absolute atomic E-state index is 0.333. The summed E-state index contributed by atoms with van der Waals surface area (Å²) in [5, 5.41) is 8.26. The molecule has 1 rings (SSSR count). The smallest absolute Gasteiger partial charge is 0.118 e. The highest BCUT2D eigenvalue weighted by molar-refractivity contribution is 5.16. The summed E-state index contributed by atoms with van der Waals surface area (Å²) >= 11 is 0. The van der Waals surface area contributed by atoms with Crippen molar-refractivity contribution < 1.29 is 0 Å². The third-order valence-corrected chi connectivity index (χ3v) is 1.24. The first-order valence-corrected chi connectivity index (χ1v) is 2.22. The van der Waals surface area contributed by atoms with Crippen LogP contribution in [0.25, 0.3) is 0 Å². The van der Waals surface area contributed by atoms with Crippen LogP contribution >= 0.6 is 0 Å². The zero-order valence-electron chi connectivity index (χ0n) is 3.94. The Labute approximate surface area is 42.1 Å². The topological polar surface area (TPSA) is 61.8 Å². The molecule has 1 fully saturated rings. The van der Waals surface area contributed by atoms with E-state index in [1.165, 1.54) is 0 Å². The van der Waals surface area contributed by atoms with E-state index < -0.39 is 0 Å². The minimum Gasteiger partial charge on any atom is -0.270 e. The van der Waals surface area contributed by atoms with E-state index in [9.17, 15) is 0 Å². The van der Waals surface area contributed by atoms with Crippen LogP contribution in [0.1, 0.15) is 12.8 Å². The molecule has 3 heteroatoms. The van der Waals surface area contributed by atoms with Gasteiger partial charge in [0, 0.05) is 0 Å². The standard InChI is InChI=1S/C4H7N3/c5-3-4(7-6)1-2-4/h7H,1-2,6H2. The summed E-state index contributed by atoms with van der Waals surface area (Å²) in [5.74, 6) is 5.01. The molecule has 1 aliphatic rings. The maximum Gasteiger partial charge on any atom is 0.118 e. The Balaban J connectivity index is 2.47. The average molecular weight is 97.1 g/mol. The summed E-state index contributed by atoms with van der Waals surface area (Å²) in [5.41, 5.74) is 2.11. The summed E-state index contributed by atoms with van der Waals surface area (Å²) in [6.07, 6.45) is 1.81. The van der Waals surface area contributed by atoms with Gasteiger partial charge in [-0.05, 0) is 12.8 Å². The lowest BCUT2D eigenvalue weighted by Gasteiger charge is -1.97. The Kier molecular flexibility index (Phi) is 0.775. The predicted molar refractivity (Wildman–Crippen MR) is 24.9 cm³/mol. The van der Waals surface area contributed by atoms with Crippen LogP contribution in [0.15, 0.2) is 0 Å². The predicted octanol–water partition coefficient (Wildman–Crippen LogP) is -0.494. The van der Waals surface area contributed by atoms with Crippen molar-refractivity contribution in [2.24, 2.45) is 5.84 Å². The van der Waals surface area contributed by atoms with E-state index in [4.69, 9.17) is 11.1 Å². The van der Waals surface area contributed by atoms with Gasteiger partial charge in [-0.2, -0.15) is 5.26 Å². The highest BCUT2D eigenvalue weighted by atomic mass is 15.3. The molecule has 38 valence electrons. The van der Waals surface area contributed by atoms with Crippen molar-refractivity contribution in [1.82, 2.24) is 5.43 Å². The van der Waals surface area contributed by atoms with Gasteiger partial charge in [-0.1, -0.05) is 0 Å². The fraction of sp³-hybridized carbons (Fsp3) is 0.750. The number of nitrogens with two attached hydrogens (primary N) is 1. The first-order valence-electron chi connectivity index (χ1n) is 2.22. The van der Waals surface area contributed by atoms with E-state index in [0.717, 1.165) is 12.8 Å². The van der Waals surface area contributed by atoms with Crippen LogP contribution in [0.4, 0.5) is 0 Å². The highest BCUT2D eigenvalue weighted by Crippen LogP contribution is 2.32. The Morgan fingerprint density at radius 2 is 2.29 bits per heavy atom. The van der Waals surface area contributed by atoms with Gasteiger partial charge in [0.15, 0.2) is 0 Å². The molecule has 0 heterocycles. The van der Waals surface area contributed by atoms with Crippen LogP contribution in [0.5, 0.6) is 0 Å². The van der Waals surface area contributed by atoms with Gasteiger partial charge in [-0.15, -0.1) is 0 Å². The molecule has 0 aliphatic heterocycles. The number of nitrogens with one attached hydrogen (secondary N) is 1. The van der Waals surface area contributed by atoms with Crippen molar-refractivity contribution in [3.05, 3.63) is 0 Å². The number of hydrazine groups is 1. The van der Waals surface area contributed by atoms with Crippen LogP contribution < -0.4 is 11.3 Å². The first-order chi connectivity index (χ1) is 3.33. The van der Waals surface area contributed by atoms with Gasteiger partial charge in [-0.3, -0.25) is 5.84 Å². The summed E-state index contributed by atoms with van der Waals surface area (Å²) < 4.78 is 0. The van der Waals surface area contributed by atoms with Crippen molar-refractivity contribution in [3.63, 3.8) is 0 Å². The van der Waals surface area contributed by atoms with Gasteiger partial charge in [0.25, 0.3) is 0 Å². The fourth-order valence-corrected chi connectivity index (χ4v) is 0.413. The maximum absolute atomic E-state index is 8.26. The zero-order chi connectivity index (χ0) is 5.33. The Hall–Kier alpha value is -0.590. The number of hydrogen-bond donors (Lipinski definition) is 2. The third kappa shape index (κ3) is 0.581. The van der Waals surface area contributed by atoms with Gasteiger partial charge in [0.2, 0.25) is 0 Å². The second-order valence-corrected chi connectivity index (χ2v) is 1.84. The third-order valence-electron chi connectivity index (χ3n) is 1.24. The van der Waals surface area contributed by atoms with Crippen LogP contribution in [-0.2, 0) is 0 Å². The van der Waals surface area contributed by atoms with E-state index in [-0.39, 0.29) is 5.54 Å². The molecule has 7 heavy (non-hydrogen) atoms. The summed E-state index contributed by atoms with van der Waals surface area (Å²) in [6.45, 7) is 0. The van der Waals surface area contributed by atoms with Crippen molar-refractivity contribution in [3.8, 4) is 6.07 Å². The van der Waals surface area contributed by atoms with Crippen LogP contribution in [0.2, 0.25) is 0 Å². The molecule has 0 amide bonds. The molecule has 0 aromatic carbocycles. The van der Waals surface area contributed by atoms with Crippen molar-refractivity contribution in [2.75, 3.05) is 0 Å². The number of rotatable bonds is 1. The maximum atomic E-state index is 8.26. The van der Waals surface area contributed by atoms with Crippen molar-refractivity contribution >= 4 is 0 Å². The Bertz CT molecular complexity index is 109. The molecule has 0 spiro atoms. The van der Waals surface area contributed by atoms with E-state index in [1.54, 1.807) is 0 Å². The molecule has 0 radical (unpaired) electrons. The lowest BCUT2D eigenvalue weighted by molar-refractivity contribution is 0.628. The van der Waals surface area contributed by atoms with Gasteiger partial charge in [-0.25, -0.2) is 5.43 Å². The Morgan fingerprint density at radius 1 is 1.71 bits per heavy atom. The van der Waals surface area contributed by atoms with Crippen molar-refractivity contribution in [2.45, 2.75) is 18.4 Å². The first kappa shape index (κ1) is 4.57. The lowest BCUT2D eigenvalue weighted by Crippen LogP contribution is -2.35. The van der Waals surface area contributed by atoms with Crippen molar-refractivity contribution in [1.29, 1.82) is 5.26 Å². The highest BCUT2D eigenvalue weighted by Gasteiger charge is 2.41. The van der Waals surface area contributed by atoms with Gasteiger partial charge in [0.1, 0.15) is 5.54 Å². The van der Waals surface area contributed by atoms with E-state index >= 15 is 0 Å². The van der Waals surface area contributed by atoms with Crippen LogP contribution in [-0.4, -0.2) is 5.54 Å². The molecule has 3 nitrogen and oxygen atoms in total. The Morgan fingerprint density at radius 3 is 2.29 bits per heavy atom. The quantitative estimate of drug-likeness (QED) is 0.342. The molecule has 0 atom stereocenters. The second-order valence-electron chi connectivity index (χ2n) is 1.84. The average Bonchev–Trinajstić information content (AvgIpc) is 2.46. The number of nitriles is 1. The zero-order valence-corrected chi connectivity index (χ0v) is 3.94. The summed E-state index contributed by atoms with van der Waals surface area (Å²) in [4.78, 5) is 0. The van der Waals surface area contributed by atoms with Gasteiger partial charge >= 0.3 is 0 Å². The van der Waals surface area contributed by atoms with E-state index in [0.29, 0.717) is 0 Å².